The van der Waals surface area contributed by atoms with E-state index in [2.05, 4.69) is 9.97 Å². The number of hydrogen-bond donors (Lipinski definition) is 1. The number of furan rings is 1. The third kappa shape index (κ3) is 4.57. The van der Waals surface area contributed by atoms with E-state index in [-0.39, 0.29) is 41.5 Å². The summed E-state index contributed by atoms with van der Waals surface area (Å²) in [6, 6.07) is 7.18. The van der Waals surface area contributed by atoms with E-state index in [9.17, 15) is 9.59 Å². The van der Waals surface area contributed by atoms with E-state index in [4.69, 9.17) is 24.4 Å². The molecule has 2 heterocycles. The Labute approximate surface area is 172 Å². The molecule has 0 unspecified atom stereocenters. The molecule has 0 aliphatic carbocycles. The first-order valence-electron chi connectivity index (χ1n) is 9.14. The first-order chi connectivity index (χ1) is 14.4. The smallest absolute Gasteiger partial charge is 0.342 e. The third-order valence-corrected chi connectivity index (χ3v) is 4.15. The Morgan fingerprint density at radius 2 is 1.90 bits per heavy atom. The van der Waals surface area contributed by atoms with Crippen LogP contribution < -0.4 is 10.5 Å². The zero-order valence-electron chi connectivity index (χ0n) is 16.8. The van der Waals surface area contributed by atoms with Gasteiger partial charge >= 0.3 is 11.9 Å². The van der Waals surface area contributed by atoms with Crippen molar-refractivity contribution in [1.29, 1.82) is 0 Å². The summed E-state index contributed by atoms with van der Waals surface area (Å²) in [5.41, 5.74) is 7.12. The van der Waals surface area contributed by atoms with E-state index in [0.717, 1.165) is 11.3 Å². The van der Waals surface area contributed by atoms with Crippen molar-refractivity contribution in [2.45, 2.75) is 20.5 Å². The monoisotopic (exact) mass is 411 g/mol. The number of carbonyl (C=O) groups excluding carboxylic acids is 2. The number of nitrogens with two attached hydrogens (primary N) is 1. The normalized spacial score (nSPS) is 11.0. The molecule has 9 heteroatoms. The van der Waals surface area contributed by atoms with Gasteiger partial charge in [-0.05, 0) is 37.6 Å². The Kier molecular flexibility index (Phi) is 6.31. The number of nitrogens with zero attached hydrogens (tertiary/aromatic N) is 2. The van der Waals surface area contributed by atoms with E-state index < -0.39 is 11.9 Å². The molecule has 0 fully saturated rings. The summed E-state index contributed by atoms with van der Waals surface area (Å²) in [5.74, 6) is 0.0954. The number of methoxy groups -OCH3 is 1. The molecule has 0 atom stereocenters. The number of fused-ring (bicyclic) bond motifs is 1. The molecule has 0 spiro atoms. The Balaban J connectivity index is 1.70. The van der Waals surface area contributed by atoms with Crippen molar-refractivity contribution in [3.63, 3.8) is 0 Å². The van der Waals surface area contributed by atoms with Crippen LogP contribution in [0.3, 0.4) is 0 Å². The average molecular weight is 411 g/mol. The van der Waals surface area contributed by atoms with Gasteiger partial charge in [-0.3, -0.25) is 0 Å². The summed E-state index contributed by atoms with van der Waals surface area (Å²) >= 11 is 0. The van der Waals surface area contributed by atoms with Gasteiger partial charge in [0, 0.05) is 6.08 Å². The van der Waals surface area contributed by atoms with Crippen LogP contribution in [0.25, 0.3) is 17.2 Å². The molecule has 0 aliphatic heterocycles. The van der Waals surface area contributed by atoms with Crippen LogP contribution in [-0.2, 0) is 20.9 Å². The van der Waals surface area contributed by atoms with Crippen molar-refractivity contribution in [2.75, 3.05) is 19.5 Å². The predicted molar refractivity (Wildman–Crippen MR) is 109 cm³/mol. The fraction of sp³-hybridized carbons (Fsp3) is 0.238. The second-order valence-corrected chi connectivity index (χ2v) is 6.17. The number of benzene rings is 1. The maximum Gasteiger partial charge on any atom is 0.342 e. The Morgan fingerprint density at radius 3 is 2.57 bits per heavy atom. The highest BCUT2D eigenvalue weighted by atomic mass is 16.5. The highest BCUT2D eigenvalue weighted by Crippen LogP contribution is 2.29. The minimum absolute atomic E-state index is 0.0414. The third-order valence-electron chi connectivity index (χ3n) is 4.15. The van der Waals surface area contributed by atoms with Crippen LogP contribution in [0.2, 0.25) is 0 Å². The number of aromatic nitrogens is 2. The van der Waals surface area contributed by atoms with Gasteiger partial charge in [-0.2, -0.15) is 4.98 Å². The number of aryl methyl sites for hydroxylation is 1. The zero-order valence-corrected chi connectivity index (χ0v) is 16.8. The van der Waals surface area contributed by atoms with Gasteiger partial charge in [0.25, 0.3) is 0 Å². The van der Waals surface area contributed by atoms with E-state index in [1.165, 1.54) is 6.08 Å². The predicted octanol–water partition coefficient (Wildman–Crippen LogP) is 3.06. The zero-order chi connectivity index (χ0) is 21.7. The number of esters is 2. The van der Waals surface area contributed by atoms with E-state index in [0.29, 0.717) is 5.76 Å². The summed E-state index contributed by atoms with van der Waals surface area (Å²) in [6.45, 7) is 3.31. The average Bonchev–Trinajstić information content (AvgIpc) is 3.07. The van der Waals surface area contributed by atoms with Crippen LogP contribution >= 0.6 is 0 Å². The van der Waals surface area contributed by atoms with Gasteiger partial charge in [-0.25, -0.2) is 14.6 Å². The van der Waals surface area contributed by atoms with Gasteiger partial charge in [-0.15, -0.1) is 0 Å². The number of hydrogen-bond acceptors (Lipinski definition) is 9. The van der Waals surface area contributed by atoms with Crippen LogP contribution in [0.1, 0.15) is 34.4 Å². The lowest BCUT2D eigenvalue weighted by Gasteiger charge is -2.04. The van der Waals surface area contributed by atoms with Gasteiger partial charge in [0.2, 0.25) is 5.71 Å². The number of anilines is 1. The minimum Gasteiger partial charge on any atom is -0.497 e. The molecular weight excluding hydrogens is 390 g/mol. The lowest BCUT2D eigenvalue weighted by Crippen LogP contribution is -2.09. The second kappa shape index (κ2) is 9.08. The minimum atomic E-state index is -0.573. The molecule has 0 aliphatic rings. The maximum atomic E-state index is 12.1. The lowest BCUT2D eigenvalue weighted by molar-refractivity contribution is -0.139. The van der Waals surface area contributed by atoms with Crippen LogP contribution in [0.4, 0.5) is 5.82 Å². The summed E-state index contributed by atoms with van der Waals surface area (Å²) in [5, 5.41) is 0.278. The second-order valence-electron chi connectivity index (χ2n) is 6.17. The fourth-order valence-electron chi connectivity index (χ4n) is 2.76. The molecule has 2 aromatic heterocycles. The standard InChI is InChI=1S/C21H21N3O6/c1-4-28-21(26)17-12(2)30-20-18(17)19(22)23-15(24-20)11-29-16(25)10-7-13-5-8-14(27-3)9-6-13/h5-10H,4,11H2,1-3H3,(H2,22,23,24)/b10-7+. The molecule has 156 valence electrons. The molecule has 30 heavy (non-hydrogen) atoms. The fourth-order valence-corrected chi connectivity index (χ4v) is 2.76. The van der Waals surface area contributed by atoms with Crippen LogP contribution in [-0.4, -0.2) is 35.6 Å². The Hall–Kier alpha value is -3.88. The molecule has 9 nitrogen and oxygen atoms in total. The van der Waals surface area contributed by atoms with Gasteiger partial charge in [0.05, 0.1) is 19.1 Å². The van der Waals surface area contributed by atoms with Gasteiger partial charge < -0.3 is 24.4 Å². The van der Waals surface area contributed by atoms with Crippen molar-refractivity contribution in [2.24, 2.45) is 0 Å². The molecule has 3 aromatic rings. The van der Waals surface area contributed by atoms with Gasteiger partial charge in [-0.1, -0.05) is 12.1 Å². The molecule has 3 rings (SSSR count). The number of carbonyl (C=O) groups is 2. The van der Waals surface area contributed by atoms with Crippen molar-refractivity contribution in [3.05, 3.63) is 53.1 Å². The summed E-state index contributed by atoms with van der Waals surface area (Å²) in [7, 11) is 1.58. The summed E-state index contributed by atoms with van der Waals surface area (Å²) < 4.78 is 20.8. The van der Waals surface area contributed by atoms with Crippen LogP contribution in [0.5, 0.6) is 5.75 Å². The molecule has 0 amide bonds. The Bertz CT molecular complexity index is 1100. The van der Waals surface area contributed by atoms with E-state index in [1.807, 2.05) is 0 Å². The lowest BCUT2D eigenvalue weighted by atomic mass is 10.2. The SMILES string of the molecule is CCOC(=O)c1c(C)oc2nc(COC(=O)/C=C/c3ccc(OC)cc3)nc(N)c12. The number of rotatable bonds is 7. The summed E-state index contributed by atoms with van der Waals surface area (Å²) in [6.07, 6.45) is 2.90. The van der Waals surface area contributed by atoms with E-state index >= 15 is 0 Å². The molecule has 0 saturated heterocycles. The van der Waals surface area contributed by atoms with Crippen molar-refractivity contribution < 1.29 is 28.2 Å². The van der Waals surface area contributed by atoms with Crippen molar-refractivity contribution in [1.82, 2.24) is 9.97 Å². The molecule has 2 N–H and O–H groups in total. The highest BCUT2D eigenvalue weighted by molar-refractivity contribution is 6.07. The molecule has 0 saturated carbocycles. The number of nitrogen functional groups attached to an aromatic ring is 1. The van der Waals surface area contributed by atoms with Crippen LogP contribution in [0.15, 0.2) is 34.8 Å². The van der Waals surface area contributed by atoms with Crippen molar-refractivity contribution >= 4 is 34.9 Å². The van der Waals surface area contributed by atoms with Gasteiger partial charge in [0.1, 0.15) is 22.9 Å². The molecule has 1 aromatic carbocycles. The largest absolute Gasteiger partial charge is 0.497 e. The summed E-state index contributed by atoms with van der Waals surface area (Å²) in [4.78, 5) is 32.4. The highest BCUT2D eigenvalue weighted by Gasteiger charge is 2.24. The van der Waals surface area contributed by atoms with E-state index in [1.54, 1.807) is 51.3 Å². The number of ether oxygens (including phenoxy) is 3. The van der Waals surface area contributed by atoms with Crippen LogP contribution in [0, 0.1) is 6.92 Å². The topological polar surface area (TPSA) is 127 Å². The molecular formula is C21H21N3O6. The molecule has 0 bridgehead atoms. The van der Waals surface area contributed by atoms with Gasteiger partial charge in [0.15, 0.2) is 12.4 Å². The molecule has 0 radical (unpaired) electrons. The first-order valence-corrected chi connectivity index (χ1v) is 9.14. The van der Waals surface area contributed by atoms with Crippen molar-refractivity contribution in [3.8, 4) is 5.75 Å². The first kappa shape index (κ1) is 20.8. The Morgan fingerprint density at radius 1 is 1.17 bits per heavy atom. The maximum absolute atomic E-state index is 12.1. The quantitative estimate of drug-likeness (QED) is 0.461.